The number of hydrogen-bond donors (Lipinski definition) is 1. The molecule has 0 bridgehead atoms. The normalized spacial score (nSPS) is 16.9. The van der Waals surface area contributed by atoms with Crippen LogP contribution in [0.3, 0.4) is 0 Å². The first-order valence-corrected chi connectivity index (χ1v) is 7.59. The van der Waals surface area contributed by atoms with Gasteiger partial charge in [-0.15, -0.1) is 0 Å². The zero-order valence-electron chi connectivity index (χ0n) is 12.0. The van der Waals surface area contributed by atoms with Crippen LogP contribution >= 0.6 is 0 Å². The number of hydrogen-bond acceptors (Lipinski definition) is 1. The van der Waals surface area contributed by atoms with Crippen molar-refractivity contribution < 1.29 is 4.79 Å². The molecule has 1 saturated carbocycles. The van der Waals surface area contributed by atoms with E-state index in [9.17, 15) is 4.79 Å². The van der Waals surface area contributed by atoms with E-state index in [2.05, 4.69) is 36.5 Å². The van der Waals surface area contributed by atoms with Crippen LogP contribution in [0.4, 0.5) is 0 Å². The Morgan fingerprint density at radius 2 is 1.74 bits per heavy atom. The lowest BCUT2D eigenvalue weighted by Gasteiger charge is -2.16. The van der Waals surface area contributed by atoms with E-state index in [4.69, 9.17) is 0 Å². The monoisotopic (exact) mass is 259 g/mol. The number of amides is 1. The predicted molar refractivity (Wildman–Crippen MR) is 79.1 cm³/mol. The van der Waals surface area contributed by atoms with Crippen LogP contribution in [0, 0.1) is 6.92 Å². The standard InChI is InChI=1S/C17H25NO/c1-14-8-10-15(11-9-14)12-13-17(19)18-16-6-4-2-3-5-7-16/h8-11,16H,2-7,12-13H2,1H3,(H,18,19). The van der Waals surface area contributed by atoms with E-state index in [1.807, 2.05) is 0 Å². The molecule has 0 atom stereocenters. The van der Waals surface area contributed by atoms with Gasteiger partial charge in [-0.2, -0.15) is 0 Å². The molecule has 0 spiro atoms. The molecule has 1 aromatic rings. The Morgan fingerprint density at radius 3 is 2.37 bits per heavy atom. The summed E-state index contributed by atoms with van der Waals surface area (Å²) < 4.78 is 0. The second-order valence-electron chi connectivity index (χ2n) is 5.74. The highest BCUT2D eigenvalue weighted by molar-refractivity contribution is 5.76. The van der Waals surface area contributed by atoms with Crippen LogP contribution in [0.15, 0.2) is 24.3 Å². The first-order valence-electron chi connectivity index (χ1n) is 7.59. The highest BCUT2D eigenvalue weighted by Crippen LogP contribution is 2.17. The molecular weight excluding hydrogens is 234 g/mol. The average molecular weight is 259 g/mol. The van der Waals surface area contributed by atoms with Gasteiger partial charge in [0.2, 0.25) is 5.91 Å². The van der Waals surface area contributed by atoms with Gasteiger partial charge in [0.15, 0.2) is 0 Å². The molecular formula is C17H25NO. The minimum absolute atomic E-state index is 0.215. The minimum atomic E-state index is 0.215. The molecule has 0 aliphatic heterocycles. The highest BCUT2D eigenvalue weighted by Gasteiger charge is 2.14. The fourth-order valence-electron chi connectivity index (χ4n) is 2.74. The number of nitrogens with one attached hydrogen (secondary N) is 1. The van der Waals surface area contributed by atoms with Crippen LogP contribution < -0.4 is 5.32 Å². The molecule has 1 aliphatic carbocycles. The van der Waals surface area contributed by atoms with Crippen molar-refractivity contribution in [1.29, 1.82) is 0 Å². The Labute approximate surface area is 116 Å². The zero-order chi connectivity index (χ0) is 13.5. The summed E-state index contributed by atoms with van der Waals surface area (Å²) in [5.41, 5.74) is 2.52. The van der Waals surface area contributed by atoms with Crippen molar-refractivity contribution >= 4 is 5.91 Å². The van der Waals surface area contributed by atoms with Gasteiger partial charge in [-0.1, -0.05) is 55.5 Å². The number of carbonyl (C=O) groups is 1. The van der Waals surface area contributed by atoms with E-state index < -0.39 is 0 Å². The van der Waals surface area contributed by atoms with Gasteiger partial charge in [-0.25, -0.2) is 0 Å². The number of aryl methyl sites for hydroxylation is 2. The Balaban J connectivity index is 1.73. The third-order valence-electron chi connectivity index (χ3n) is 3.98. The van der Waals surface area contributed by atoms with Gasteiger partial charge in [-0.05, 0) is 31.7 Å². The van der Waals surface area contributed by atoms with Crippen molar-refractivity contribution in [3.05, 3.63) is 35.4 Å². The Bertz CT molecular complexity index is 388. The summed E-state index contributed by atoms with van der Waals surface area (Å²) in [6, 6.07) is 8.88. The Hall–Kier alpha value is -1.31. The van der Waals surface area contributed by atoms with E-state index in [0.29, 0.717) is 12.5 Å². The topological polar surface area (TPSA) is 29.1 Å². The van der Waals surface area contributed by atoms with Crippen molar-refractivity contribution in [2.75, 3.05) is 0 Å². The lowest BCUT2D eigenvalue weighted by atomic mass is 10.1. The predicted octanol–water partition coefficient (Wildman–Crippen LogP) is 3.77. The van der Waals surface area contributed by atoms with Crippen LogP contribution in [-0.2, 0) is 11.2 Å². The summed E-state index contributed by atoms with van der Waals surface area (Å²) in [5, 5.41) is 3.20. The Morgan fingerprint density at radius 1 is 1.11 bits per heavy atom. The number of benzene rings is 1. The van der Waals surface area contributed by atoms with E-state index in [1.54, 1.807) is 0 Å². The van der Waals surface area contributed by atoms with Crippen molar-refractivity contribution in [3.63, 3.8) is 0 Å². The second-order valence-corrected chi connectivity index (χ2v) is 5.74. The second kappa shape index (κ2) is 7.32. The smallest absolute Gasteiger partial charge is 0.220 e. The molecule has 0 aromatic heterocycles. The van der Waals surface area contributed by atoms with Crippen molar-refractivity contribution in [2.24, 2.45) is 0 Å². The summed E-state index contributed by atoms with van der Waals surface area (Å²) >= 11 is 0. The largest absolute Gasteiger partial charge is 0.353 e. The average Bonchev–Trinajstić information content (AvgIpc) is 2.67. The van der Waals surface area contributed by atoms with Gasteiger partial charge in [0.05, 0.1) is 0 Å². The van der Waals surface area contributed by atoms with Crippen LogP contribution in [0.1, 0.15) is 56.1 Å². The fourth-order valence-corrected chi connectivity index (χ4v) is 2.74. The van der Waals surface area contributed by atoms with E-state index in [-0.39, 0.29) is 5.91 Å². The van der Waals surface area contributed by atoms with Crippen molar-refractivity contribution in [1.82, 2.24) is 5.32 Å². The van der Waals surface area contributed by atoms with Crippen LogP contribution in [0.25, 0.3) is 0 Å². The lowest BCUT2D eigenvalue weighted by molar-refractivity contribution is -0.121. The summed E-state index contributed by atoms with van der Waals surface area (Å²) in [7, 11) is 0. The SMILES string of the molecule is Cc1ccc(CCC(=O)NC2CCCCCC2)cc1. The molecule has 0 heterocycles. The molecule has 0 unspecified atom stereocenters. The highest BCUT2D eigenvalue weighted by atomic mass is 16.1. The quantitative estimate of drug-likeness (QED) is 0.819. The maximum atomic E-state index is 12.0. The van der Waals surface area contributed by atoms with E-state index >= 15 is 0 Å². The summed E-state index contributed by atoms with van der Waals surface area (Å²) in [4.78, 5) is 12.0. The van der Waals surface area contributed by atoms with Crippen LogP contribution in [0.5, 0.6) is 0 Å². The molecule has 2 heteroatoms. The van der Waals surface area contributed by atoms with Gasteiger partial charge in [0.1, 0.15) is 0 Å². The van der Waals surface area contributed by atoms with E-state index in [0.717, 1.165) is 19.3 Å². The van der Waals surface area contributed by atoms with Gasteiger partial charge in [0.25, 0.3) is 0 Å². The van der Waals surface area contributed by atoms with Crippen molar-refractivity contribution in [2.45, 2.75) is 64.3 Å². The molecule has 1 aromatic carbocycles. The van der Waals surface area contributed by atoms with Gasteiger partial charge < -0.3 is 5.32 Å². The molecule has 1 amide bonds. The number of rotatable bonds is 4. The third-order valence-corrected chi connectivity index (χ3v) is 3.98. The molecule has 0 saturated heterocycles. The summed E-state index contributed by atoms with van der Waals surface area (Å²) in [5.74, 6) is 0.215. The maximum absolute atomic E-state index is 12.0. The molecule has 104 valence electrons. The van der Waals surface area contributed by atoms with Crippen LogP contribution in [-0.4, -0.2) is 11.9 Å². The maximum Gasteiger partial charge on any atom is 0.220 e. The molecule has 1 fully saturated rings. The number of carbonyl (C=O) groups excluding carboxylic acids is 1. The molecule has 2 nitrogen and oxygen atoms in total. The van der Waals surface area contributed by atoms with E-state index in [1.165, 1.54) is 36.8 Å². The molecule has 0 radical (unpaired) electrons. The summed E-state index contributed by atoms with van der Waals surface area (Å²) in [6.45, 7) is 2.09. The molecule has 19 heavy (non-hydrogen) atoms. The van der Waals surface area contributed by atoms with Crippen LogP contribution in [0.2, 0.25) is 0 Å². The molecule has 2 rings (SSSR count). The summed E-state index contributed by atoms with van der Waals surface area (Å²) in [6.07, 6.45) is 8.97. The molecule has 1 N–H and O–H groups in total. The lowest BCUT2D eigenvalue weighted by Crippen LogP contribution is -2.34. The van der Waals surface area contributed by atoms with Gasteiger partial charge in [0, 0.05) is 12.5 Å². The third kappa shape index (κ3) is 5.06. The van der Waals surface area contributed by atoms with Crippen molar-refractivity contribution in [3.8, 4) is 0 Å². The first kappa shape index (κ1) is 14.1. The zero-order valence-corrected chi connectivity index (χ0v) is 12.0. The first-order chi connectivity index (χ1) is 9.24. The van der Waals surface area contributed by atoms with Gasteiger partial charge >= 0.3 is 0 Å². The van der Waals surface area contributed by atoms with Gasteiger partial charge in [-0.3, -0.25) is 4.79 Å². The fraction of sp³-hybridized carbons (Fsp3) is 0.588. The minimum Gasteiger partial charge on any atom is -0.353 e. The molecule has 1 aliphatic rings. The Kier molecular flexibility index (Phi) is 5.44.